The zero-order valence-corrected chi connectivity index (χ0v) is 17.6. The molecule has 0 spiro atoms. The Morgan fingerprint density at radius 1 is 1.10 bits per heavy atom. The summed E-state index contributed by atoms with van der Waals surface area (Å²) in [5.41, 5.74) is 0.297. The third-order valence-corrected chi connectivity index (χ3v) is 4.89. The fourth-order valence-electron chi connectivity index (χ4n) is 3.54. The number of ether oxygens (including phenoxy) is 2. The van der Waals surface area contributed by atoms with Gasteiger partial charge in [-0.25, -0.2) is 14.6 Å². The number of hydrogen-bond donors (Lipinski definition) is 3. The van der Waals surface area contributed by atoms with Crippen LogP contribution in [-0.4, -0.2) is 45.1 Å². The van der Waals surface area contributed by atoms with Crippen LogP contribution in [0.4, 0.5) is 9.59 Å². The van der Waals surface area contributed by atoms with Crippen molar-refractivity contribution in [3.05, 3.63) is 48.0 Å². The third-order valence-electron chi connectivity index (χ3n) is 4.89. The summed E-state index contributed by atoms with van der Waals surface area (Å²) < 4.78 is 10.7. The van der Waals surface area contributed by atoms with Crippen molar-refractivity contribution in [2.75, 3.05) is 0 Å². The van der Waals surface area contributed by atoms with Gasteiger partial charge in [0, 0.05) is 5.92 Å². The molecule has 9 nitrogen and oxygen atoms in total. The standard InChI is InChI=1S/C21H29N5O4/c1-21(2,3)30-20(28)25-17-11-15(18-22-13-23-26-18)9-10-16(17)24-19(27)29-12-14-7-5-4-6-8-14/h4-8,13,15-17H,9-12H2,1-3H3,(H,24,27)(H,25,28)(H,22,23,26)/t15-,16-,17+/m0/s1. The van der Waals surface area contributed by atoms with Crippen LogP contribution >= 0.6 is 0 Å². The number of benzene rings is 1. The first-order chi connectivity index (χ1) is 14.3. The van der Waals surface area contributed by atoms with Gasteiger partial charge in [0.15, 0.2) is 0 Å². The van der Waals surface area contributed by atoms with Crippen molar-refractivity contribution >= 4 is 12.2 Å². The average Bonchev–Trinajstić information content (AvgIpc) is 3.22. The minimum Gasteiger partial charge on any atom is -0.445 e. The van der Waals surface area contributed by atoms with E-state index in [-0.39, 0.29) is 24.6 Å². The minimum atomic E-state index is -0.610. The molecule has 30 heavy (non-hydrogen) atoms. The van der Waals surface area contributed by atoms with Crippen molar-refractivity contribution in [1.29, 1.82) is 0 Å². The van der Waals surface area contributed by atoms with Gasteiger partial charge in [0.05, 0.1) is 12.1 Å². The highest BCUT2D eigenvalue weighted by Gasteiger charge is 2.35. The lowest BCUT2D eigenvalue weighted by Gasteiger charge is -2.36. The van der Waals surface area contributed by atoms with E-state index >= 15 is 0 Å². The smallest absolute Gasteiger partial charge is 0.407 e. The summed E-state index contributed by atoms with van der Waals surface area (Å²) in [6.07, 6.45) is 2.49. The molecule has 3 atom stereocenters. The first-order valence-electron chi connectivity index (χ1n) is 10.1. The summed E-state index contributed by atoms with van der Waals surface area (Å²) in [5, 5.41) is 12.6. The van der Waals surface area contributed by atoms with Crippen LogP contribution < -0.4 is 10.6 Å². The minimum absolute atomic E-state index is 0.103. The molecule has 0 bridgehead atoms. The molecule has 1 saturated carbocycles. The lowest BCUT2D eigenvalue weighted by Crippen LogP contribution is -2.55. The second-order valence-electron chi connectivity index (χ2n) is 8.45. The number of aromatic nitrogens is 3. The predicted molar refractivity (Wildman–Crippen MR) is 110 cm³/mol. The van der Waals surface area contributed by atoms with Gasteiger partial charge in [-0.2, -0.15) is 5.10 Å². The number of rotatable bonds is 5. The van der Waals surface area contributed by atoms with E-state index in [1.165, 1.54) is 6.33 Å². The molecule has 3 N–H and O–H groups in total. The van der Waals surface area contributed by atoms with E-state index in [1.807, 2.05) is 30.3 Å². The average molecular weight is 415 g/mol. The van der Waals surface area contributed by atoms with Gasteiger partial charge in [0.2, 0.25) is 0 Å². The second kappa shape index (κ2) is 9.60. The highest BCUT2D eigenvalue weighted by Crippen LogP contribution is 2.31. The molecular formula is C21H29N5O4. The van der Waals surface area contributed by atoms with Gasteiger partial charge < -0.3 is 20.1 Å². The summed E-state index contributed by atoms with van der Waals surface area (Å²) in [7, 11) is 0. The van der Waals surface area contributed by atoms with Crippen LogP contribution in [0.15, 0.2) is 36.7 Å². The molecule has 0 unspecified atom stereocenters. The number of alkyl carbamates (subject to hydrolysis) is 2. The van der Waals surface area contributed by atoms with Gasteiger partial charge in [-0.1, -0.05) is 30.3 Å². The molecule has 1 aliphatic rings. The van der Waals surface area contributed by atoms with E-state index in [2.05, 4.69) is 25.8 Å². The molecule has 0 radical (unpaired) electrons. The Morgan fingerprint density at radius 2 is 1.83 bits per heavy atom. The van der Waals surface area contributed by atoms with Gasteiger partial charge in [-0.05, 0) is 45.6 Å². The zero-order valence-electron chi connectivity index (χ0n) is 17.6. The van der Waals surface area contributed by atoms with Crippen LogP contribution in [0.5, 0.6) is 0 Å². The molecule has 0 aliphatic heterocycles. The molecule has 1 aromatic carbocycles. The van der Waals surface area contributed by atoms with Gasteiger partial charge >= 0.3 is 12.2 Å². The van der Waals surface area contributed by atoms with Gasteiger partial charge in [0.25, 0.3) is 0 Å². The van der Waals surface area contributed by atoms with Crippen LogP contribution in [0.25, 0.3) is 0 Å². The maximum atomic E-state index is 12.3. The number of nitrogens with zero attached hydrogens (tertiary/aromatic N) is 2. The van der Waals surface area contributed by atoms with Crippen LogP contribution in [0.1, 0.15) is 57.3 Å². The molecule has 1 heterocycles. The highest BCUT2D eigenvalue weighted by molar-refractivity contribution is 5.70. The predicted octanol–water partition coefficient (Wildman–Crippen LogP) is 3.26. The largest absolute Gasteiger partial charge is 0.445 e. The topological polar surface area (TPSA) is 118 Å². The second-order valence-corrected chi connectivity index (χ2v) is 8.45. The van der Waals surface area contributed by atoms with Gasteiger partial charge in [-0.15, -0.1) is 0 Å². The SMILES string of the molecule is CC(C)(C)OC(=O)N[C@@H]1C[C@@H](c2ncn[nH]2)CC[C@@H]1NC(=O)OCc1ccccc1. The lowest BCUT2D eigenvalue weighted by molar-refractivity contribution is 0.0470. The summed E-state index contributed by atoms with van der Waals surface area (Å²) in [6, 6.07) is 8.87. The van der Waals surface area contributed by atoms with Crippen molar-refractivity contribution in [3.63, 3.8) is 0 Å². The molecule has 0 saturated heterocycles. The van der Waals surface area contributed by atoms with Crippen LogP contribution in [-0.2, 0) is 16.1 Å². The van der Waals surface area contributed by atoms with Crippen LogP contribution in [0, 0.1) is 0 Å². The normalized spacial score (nSPS) is 21.5. The Kier molecular flexibility index (Phi) is 6.91. The van der Waals surface area contributed by atoms with Crippen molar-refractivity contribution < 1.29 is 19.1 Å². The van der Waals surface area contributed by atoms with Crippen LogP contribution in [0.3, 0.4) is 0 Å². The van der Waals surface area contributed by atoms with Crippen molar-refractivity contribution in [1.82, 2.24) is 25.8 Å². The first-order valence-corrected chi connectivity index (χ1v) is 10.1. The van der Waals surface area contributed by atoms with Crippen LogP contribution in [0.2, 0.25) is 0 Å². The maximum absolute atomic E-state index is 12.3. The molecular weight excluding hydrogens is 386 g/mol. The number of carbonyl (C=O) groups is 2. The summed E-state index contributed by atoms with van der Waals surface area (Å²) in [6.45, 7) is 5.61. The third kappa shape index (κ3) is 6.47. The lowest BCUT2D eigenvalue weighted by atomic mass is 9.82. The molecule has 2 amide bonds. The van der Waals surface area contributed by atoms with E-state index in [4.69, 9.17) is 9.47 Å². The van der Waals surface area contributed by atoms with E-state index in [0.29, 0.717) is 12.8 Å². The Balaban J connectivity index is 1.61. The Morgan fingerprint density at radius 3 is 2.50 bits per heavy atom. The van der Waals surface area contributed by atoms with E-state index in [9.17, 15) is 9.59 Å². The number of hydrogen-bond acceptors (Lipinski definition) is 6. The van der Waals surface area contributed by atoms with Crippen molar-refractivity contribution in [3.8, 4) is 0 Å². The molecule has 162 valence electrons. The molecule has 1 aromatic heterocycles. The highest BCUT2D eigenvalue weighted by atomic mass is 16.6. The molecule has 3 rings (SSSR count). The molecule has 1 fully saturated rings. The Labute approximate surface area is 175 Å². The van der Waals surface area contributed by atoms with Crippen molar-refractivity contribution in [2.45, 2.75) is 70.2 Å². The fraction of sp³-hybridized carbons (Fsp3) is 0.524. The number of carbonyl (C=O) groups excluding carboxylic acids is 2. The quantitative estimate of drug-likeness (QED) is 0.690. The summed E-state index contributed by atoms with van der Waals surface area (Å²) >= 11 is 0. The monoisotopic (exact) mass is 415 g/mol. The first kappa shape index (κ1) is 21.6. The number of nitrogens with one attached hydrogen (secondary N) is 3. The molecule has 1 aliphatic carbocycles. The number of aromatic amines is 1. The maximum Gasteiger partial charge on any atom is 0.407 e. The summed E-state index contributed by atoms with van der Waals surface area (Å²) in [5.74, 6) is 0.877. The van der Waals surface area contributed by atoms with E-state index < -0.39 is 17.8 Å². The Hall–Kier alpha value is -3.10. The molecule has 2 aromatic rings. The van der Waals surface area contributed by atoms with Gasteiger partial charge in [0.1, 0.15) is 24.4 Å². The van der Waals surface area contributed by atoms with Gasteiger partial charge in [-0.3, -0.25) is 5.10 Å². The zero-order chi connectivity index (χ0) is 21.6. The Bertz CT molecular complexity index is 820. The van der Waals surface area contributed by atoms with E-state index in [0.717, 1.165) is 17.8 Å². The number of H-pyrrole nitrogens is 1. The number of amides is 2. The summed E-state index contributed by atoms with van der Waals surface area (Å²) in [4.78, 5) is 28.9. The van der Waals surface area contributed by atoms with E-state index in [1.54, 1.807) is 20.8 Å². The van der Waals surface area contributed by atoms with Crippen molar-refractivity contribution in [2.24, 2.45) is 0 Å². The molecule has 9 heteroatoms. The fourth-order valence-corrected chi connectivity index (χ4v) is 3.54.